The highest BCUT2D eigenvalue weighted by Crippen LogP contribution is 2.39. The van der Waals surface area contributed by atoms with E-state index in [1.54, 1.807) is 43.3 Å². The molecule has 1 N–H and O–H groups in total. The number of aromatic nitrogens is 2. The van der Waals surface area contributed by atoms with Gasteiger partial charge in [0.15, 0.2) is 5.69 Å². The van der Waals surface area contributed by atoms with Gasteiger partial charge in [0.25, 0.3) is 5.91 Å². The number of carbonyl (C=O) groups is 2. The van der Waals surface area contributed by atoms with Gasteiger partial charge in [0.05, 0.1) is 37.8 Å². The van der Waals surface area contributed by atoms with E-state index >= 15 is 0 Å². The topological polar surface area (TPSA) is 91.7 Å². The zero-order chi connectivity index (χ0) is 25.7. The average Bonchev–Trinajstić information content (AvgIpc) is 3.34. The van der Waals surface area contributed by atoms with Crippen molar-refractivity contribution in [3.05, 3.63) is 60.0 Å². The first-order chi connectivity index (χ1) is 17.4. The lowest BCUT2D eigenvalue weighted by Crippen LogP contribution is -2.56. The first-order valence-electron chi connectivity index (χ1n) is 12.0. The van der Waals surface area contributed by atoms with Gasteiger partial charge < -0.3 is 19.5 Å². The van der Waals surface area contributed by atoms with Crippen LogP contribution in [0.15, 0.2) is 48.5 Å². The SMILES string of the molecule is CCOC(=O)C1(NC(=O)c2cc(-c3c(OC)cccc3OC)n(-c3ccc(F)cc3)n2)CCCCC1. The summed E-state index contributed by atoms with van der Waals surface area (Å²) in [5.41, 5.74) is 0.631. The van der Waals surface area contributed by atoms with E-state index in [9.17, 15) is 14.0 Å². The molecular formula is C27H30FN3O5. The van der Waals surface area contributed by atoms with Crippen LogP contribution in [0.2, 0.25) is 0 Å². The molecular weight excluding hydrogens is 465 g/mol. The Morgan fingerprint density at radius 3 is 2.25 bits per heavy atom. The first-order valence-corrected chi connectivity index (χ1v) is 12.0. The number of benzene rings is 2. The number of ether oxygens (including phenoxy) is 3. The number of halogens is 1. The van der Waals surface area contributed by atoms with Gasteiger partial charge in [0, 0.05) is 0 Å². The van der Waals surface area contributed by atoms with Gasteiger partial charge in [-0.2, -0.15) is 5.10 Å². The van der Waals surface area contributed by atoms with Gasteiger partial charge in [-0.1, -0.05) is 25.3 Å². The minimum Gasteiger partial charge on any atom is -0.496 e. The molecule has 0 bridgehead atoms. The third-order valence-corrected chi connectivity index (χ3v) is 6.42. The summed E-state index contributed by atoms with van der Waals surface area (Å²) in [6.45, 7) is 1.97. The molecule has 1 heterocycles. The maximum absolute atomic E-state index is 13.7. The molecule has 36 heavy (non-hydrogen) atoms. The van der Waals surface area contributed by atoms with Crippen LogP contribution < -0.4 is 14.8 Å². The molecule has 4 rings (SSSR count). The largest absolute Gasteiger partial charge is 0.496 e. The van der Waals surface area contributed by atoms with Gasteiger partial charge in [-0.15, -0.1) is 0 Å². The van der Waals surface area contributed by atoms with Gasteiger partial charge in [-0.3, -0.25) is 4.79 Å². The van der Waals surface area contributed by atoms with Crippen LogP contribution in [-0.2, 0) is 9.53 Å². The Labute approximate surface area is 209 Å². The van der Waals surface area contributed by atoms with Crippen LogP contribution in [-0.4, -0.2) is 48.0 Å². The maximum Gasteiger partial charge on any atom is 0.331 e. The van der Waals surface area contributed by atoms with E-state index in [-0.39, 0.29) is 12.3 Å². The standard InChI is InChI=1S/C27H30FN3O5/c1-4-36-26(33)27(15-6-5-7-16-27)29-25(32)20-17-21(24-22(34-2)9-8-10-23(24)35-3)31(30-20)19-13-11-18(28)12-14-19/h8-14,17H,4-7,15-16H2,1-3H3,(H,29,32). The molecule has 190 valence electrons. The molecule has 2 aromatic carbocycles. The quantitative estimate of drug-likeness (QED) is 0.456. The molecule has 0 atom stereocenters. The van der Waals surface area contributed by atoms with Gasteiger partial charge in [0.2, 0.25) is 0 Å². The number of hydrogen-bond donors (Lipinski definition) is 1. The molecule has 1 amide bonds. The number of methoxy groups -OCH3 is 2. The minimum absolute atomic E-state index is 0.0940. The number of nitrogens with zero attached hydrogens (tertiary/aromatic N) is 2. The number of esters is 1. The Balaban J connectivity index is 1.81. The zero-order valence-corrected chi connectivity index (χ0v) is 20.7. The van der Waals surface area contributed by atoms with Gasteiger partial charge in [-0.05, 0) is 62.2 Å². The van der Waals surface area contributed by atoms with Crippen molar-refractivity contribution in [2.24, 2.45) is 0 Å². The lowest BCUT2D eigenvalue weighted by molar-refractivity contribution is -0.152. The van der Waals surface area contributed by atoms with Crippen molar-refractivity contribution >= 4 is 11.9 Å². The monoisotopic (exact) mass is 495 g/mol. The summed E-state index contributed by atoms with van der Waals surface area (Å²) in [7, 11) is 3.08. The summed E-state index contributed by atoms with van der Waals surface area (Å²) in [4.78, 5) is 26.4. The fourth-order valence-electron chi connectivity index (χ4n) is 4.64. The third-order valence-electron chi connectivity index (χ3n) is 6.42. The predicted octanol–water partition coefficient (Wildman–Crippen LogP) is 4.69. The Bertz CT molecular complexity index is 1210. The molecule has 1 aromatic heterocycles. The summed E-state index contributed by atoms with van der Waals surface area (Å²) >= 11 is 0. The molecule has 3 aromatic rings. The highest BCUT2D eigenvalue weighted by Gasteiger charge is 2.43. The normalized spacial score (nSPS) is 14.7. The van der Waals surface area contributed by atoms with E-state index in [4.69, 9.17) is 14.2 Å². The molecule has 0 saturated heterocycles. The Morgan fingerprint density at radius 2 is 1.67 bits per heavy atom. The predicted molar refractivity (Wildman–Crippen MR) is 132 cm³/mol. The van der Waals surface area contributed by atoms with E-state index in [1.807, 2.05) is 0 Å². The Hall–Kier alpha value is -3.88. The fourth-order valence-corrected chi connectivity index (χ4v) is 4.64. The van der Waals surface area contributed by atoms with Gasteiger partial charge >= 0.3 is 5.97 Å². The summed E-state index contributed by atoms with van der Waals surface area (Å²) in [5, 5.41) is 7.49. The first kappa shape index (κ1) is 25.2. The lowest BCUT2D eigenvalue weighted by Gasteiger charge is -2.35. The van der Waals surface area contributed by atoms with E-state index in [0.717, 1.165) is 19.3 Å². The third kappa shape index (κ3) is 4.91. The summed E-state index contributed by atoms with van der Waals surface area (Å²) in [5.74, 6) is -0.294. The molecule has 0 unspecified atom stereocenters. The zero-order valence-electron chi connectivity index (χ0n) is 20.7. The maximum atomic E-state index is 13.7. The lowest BCUT2D eigenvalue weighted by atomic mass is 9.81. The molecule has 1 saturated carbocycles. The van der Waals surface area contributed by atoms with Crippen LogP contribution in [0, 0.1) is 5.82 Å². The summed E-state index contributed by atoms with van der Waals surface area (Å²) in [6.07, 6.45) is 3.63. The number of hydrogen-bond acceptors (Lipinski definition) is 6. The molecule has 0 radical (unpaired) electrons. The second-order valence-electron chi connectivity index (χ2n) is 8.66. The van der Waals surface area contributed by atoms with E-state index < -0.39 is 23.2 Å². The van der Waals surface area contributed by atoms with Crippen LogP contribution in [0.1, 0.15) is 49.5 Å². The second-order valence-corrected chi connectivity index (χ2v) is 8.66. The molecule has 1 aliphatic carbocycles. The molecule has 8 nitrogen and oxygen atoms in total. The smallest absolute Gasteiger partial charge is 0.331 e. The summed E-state index contributed by atoms with van der Waals surface area (Å²) < 4.78 is 31.7. The van der Waals surface area contributed by atoms with Crippen molar-refractivity contribution in [2.75, 3.05) is 20.8 Å². The van der Waals surface area contributed by atoms with Crippen molar-refractivity contribution < 1.29 is 28.2 Å². The van der Waals surface area contributed by atoms with Crippen molar-refractivity contribution in [2.45, 2.75) is 44.6 Å². The van der Waals surface area contributed by atoms with Gasteiger partial charge in [-0.25, -0.2) is 13.9 Å². The Kier molecular flexibility index (Phi) is 7.57. The van der Waals surface area contributed by atoms with Crippen LogP contribution >= 0.6 is 0 Å². The second kappa shape index (κ2) is 10.8. The van der Waals surface area contributed by atoms with Crippen molar-refractivity contribution in [3.63, 3.8) is 0 Å². The molecule has 0 spiro atoms. The van der Waals surface area contributed by atoms with Crippen molar-refractivity contribution in [3.8, 4) is 28.4 Å². The van der Waals surface area contributed by atoms with E-state index in [0.29, 0.717) is 41.3 Å². The van der Waals surface area contributed by atoms with E-state index in [1.165, 1.54) is 31.0 Å². The molecule has 1 aliphatic rings. The molecule has 1 fully saturated rings. The Morgan fingerprint density at radius 1 is 1.03 bits per heavy atom. The average molecular weight is 496 g/mol. The summed E-state index contributed by atoms with van der Waals surface area (Å²) in [6, 6.07) is 12.7. The van der Waals surface area contributed by atoms with Crippen LogP contribution in [0.5, 0.6) is 11.5 Å². The fraction of sp³-hybridized carbons (Fsp3) is 0.370. The van der Waals surface area contributed by atoms with E-state index in [2.05, 4.69) is 10.4 Å². The van der Waals surface area contributed by atoms with Crippen molar-refractivity contribution in [1.82, 2.24) is 15.1 Å². The number of rotatable bonds is 8. The van der Waals surface area contributed by atoms with Gasteiger partial charge in [0.1, 0.15) is 22.9 Å². The molecule has 9 heteroatoms. The highest BCUT2D eigenvalue weighted by atomic mass is 19.1. The number of carbonyl (C=O) groups excluding carboxylic acids is 2. The highest BCUT2D eigenvalue weighted by molar-refractivity contribution is 5.98. The van der Waals surface area contributed by atoms with Crippen LogP contribution in [0.4, 0.5) is 4.39 Å². The van der Waals surface area contributed by atoms with Crippen LogP contribution in [0.25, 0.3) is 16.9 Å². The number of nitrogens with one attached hydrogen (secondary N) is 1. The van der Waals surface area contributed by atoms with Crippen LogP contribution in [0.3, 0.4) is 0 Å². The molecule has 0 aliphatic heterocycles. The number of amides is 1. The van der Waals surface area contributed by atoms with Crippen molar-refractivity contribution in [1.29, 1.82) is 0 Å². The minimum atomic E-state index is -1.09.